The molecule has 0 bridgehead atoms. The van der Waals surface area contributed by atoms with Crippen LogP contribution in [0.2, 0.25) is 0 Å². The molecule has 0 spiro atoms. The zero-order valence-corrected chi connectivity index (χ0v) is 13.1. The predicted octanol–water partition coefficient (Wildman–Crippen LogP) is 2.23. The van der Waals surface area contributed by atoms with E-state index in [4.69, 9.17) is 10.6 Å². The molecule has 24 heavy (non-hydrogen) atoms. The number of ether oxygens (including phenoxy) is 1. The standard InChI is InChI=1S/C18H19N3O3/c19-21-17(22)16-10-8-14(9-11-16)7-4-12-20-18(23)24-13-15-5-2-1-3-6-15/h1-11H,12-13,19H2,(H,20,23)(H,21,22). The maximum absolute atomic E-state index is 11.6. The van der Waals surface area contributed by atoms with Gasteiger partial charge < -0.3 is 10.1 Å². The lowest BCUT2D eigenvalue weighted by Crippen LogP contribution is -2.29. The van der Waals surface area contributed by atoms with Crippen LogP contribution in [-0.2, 0) is 11.3 Å². The Morgan fingerprint density at radius 2 is 1.75 bits per heavy atom. The van der Waals surface area contributed by atoms with Crippen molar-refractivity contribution in [2.75, 3.05) is 6.54 Å². The second-order valence-corrected chi connectivity index (χ2v) is 4.94. The minimum Gasteiger partial charge on any atom is -0.445 e. The Labute approximate surface area is 140 Å². The number of rotatable bonds is 6. The molecule has 124 valence electrons. The van der Waals surface area contributed by atoms with E-state index >= 15 is 0 Å². The maximum atomic E-state index is 11.6. The molecule has 0 atom stereocenters. The Bertz CT molecular complexity index is 697. The van der Waals surface area contributed by atoms with E-state index in [1.54, 1.807) is 30.3 Å². The lowest BCUT2D eigenvalue weighted by atomic mass is 10.1. The summed E-state index contributed by atoms with van der Waals surface area (Å²) in [5.41, 5.74) is 4.40. The molecule has 6 heteroatoms. The number of benzene rings is 2. The van der Waals surface area contributed by atoms with Crippen molar-refractivity contribution in [3.05, 3.63) is 77.4 Å². The fourth-order valence-electron chi connectivity index (χ4n) is 1.94. The normalized spacial score (nSPS) is 10.4. The number of nitrogens with one attached hydrogen (secondary N) is 2. The van der Waals surface area contributed by atoms with E-state index < -0.39 is 6.09 Å². The van der Waals surface area contributed by atoms with E-state index in [0.29, 0.717) is 12.1 Å². The molecule has 6 nitrogen and oxygen atoms in total. The molecule has 0 fully saturated rings. The Hall–Kier alpha value is -3.12. The minimum absolute atomic E-state index is 0.237. The lowest BCUT2D eigenvalue weighted by molar-refractivity contribution is 0.0953. The quantitative estimate of drug-likeness (QED) is 0.431. The number of carbonyl (C=O) groups is 2. The molecular weight excluding hydrogens is 306 g/mol. The van der Waals surface area contributed by atoms with E-state index in [1.807, 2.05) is 36.4 Å². The summed E-state index contributed by atoms with van der Waals surface area (Å²) in [6, 6.07) is 16.4. The van der Waals surface area contributed by atoms with Crippen molar-refractivity contribution in [2.24, 2.45) is 5.84 Å². The molecule has 0 aliphatic rings. The number of nitrogen functional groups attached to an aromatic ring is 1. The van der Waals surface area contributed by atoms with Crippen LogP contribution in [0.15, 0.2) is 60.7 Å². The topological polar surface area (TPSA) is 93.5 Å². The summed E-state index contributed by atoms with van der Waals surface area (Å²) < 4.78 is 5.09. The summed E-state index contributed by atoms with van der Waals surface area (Å²) in [5, 5.41) is 2.63. The van der Waals surface area contributed by atoms with Crippen LogP contribution in [-0.4, -0.2) is 18.5 Å². The van der Waals surface area contributed by atoms with Gasteiger partial charge in [-0.3, -0.25) is 10.2 Å². The number of hydrogen-bond acceptors (Lipinski definition) is 4. The first-order chi connectivity index (χ1) is 11.7. The molecule has 0 saturated heterocycles. The van der Waals surface area contributed by atoms with Gasteiger partial charge >= 0.3 is 6.09 Å². The SMILES string of the molecule is NNC(=O)c1ccc(C=CCNC(=O)OCc2ccccc2)cc1. The van der Waals surface area contributed by atoms with Crippen molar-refractivity contribution in [3.8, 4) is 0 Å². The lowest BCUT2D eigenvalue weighted by Gasteiger charge is -2.05. The van der Waals surface area contributed by atoms with Crippen LogP contribution in [0.1, 0.15) is 21.5 Å². The Morgan fingerprint density at radius 3 is 2.42 bits per heavy atom. The van der Waals surface area contributed by atoms with Crippen LogP contribution in [0.25, 0.3) is 6.08 Å². The van der Waals surface area contributed by atoms with Crippen LogP contribution < -0.4 is 16.6 Å². The second-order valence-electron chi connectivity index (χ2n) is 4.94. The van der Waals surface area contributed by atoms with E-state index in [0.717, 1.165) is 11.1 Å². The molecule has 0 radical (unpaired) electrons. The molecule has 0 aliphatic heterocycles. The van der Waals surface area contributed by atoms with Gasteiger partial charge in [0.2, 0.25) is 0 Å². The van der Waals surface area contributed by atoms with E-state index in [-0.39, 0.29) is 12.5 Å². The second kappa shape index (κ2) is 9.12. The first kappa shape index (κ1) is 17.2. The van der Waals surface area contributed by atoms with Crippen molar-refractivity contribution < 1.29 is 14.3 Å². The number of nitrogens with two attached hydrogens (primary N) is 1. The summed E-state index contributed by atoms with van der Waals surface area (Å²) in [7, 11) is 0. The summed E-state index contributed by atoms with van der Waals surface area (Å²) in [4.78, 5) is 22.9. The summed E-state index contributed by atoms with van der Waals surface area (Å²) in [6.07, 6.45) is 3.15. The maximum Gasteiger partial charge on any atom is 0.407 e. The van der Waals surface area contributed by atoms with Crippen LogP contribution >= 0.6 is 0 Å². The van der Waals surface area contributed by atoms with Crippen molar-refractivity contribution >= 4 is 18.1 Å². The third-order valence-corrected chi connectivity index (χ3v) is 3.19. The third-order valence-electron chi connectivity index (χ3n) is 3.19. The van der Waals surface area contributed by atoms with Gasteiger partial charge in [-0.1, -0.05) is 54.6 Å². The largest absolute Gasteiger partial charge is 0.445 e. The molecule has 2 aromatic rings. The number of alkyl carbamates (subject to hydrolysis) is 1. The van der Waals surface area contributed by atoms with Crippen LogP contribution in [0.4, 0.5) is 4.79 Å². The first-order valence-electron chi connectivity index (χ1n) is 7.41. The fraction of sp³-hybridized carbons (Fsp3) is 0.111. The van der Waals surface area contributed by atoms with Crippen LogP contribution in [0.3, 0.4) is 0 Å². The van der Waals surface area contributed by atoms with Gasteiger partial charge in [0.05, 0.1) is 0 Å². The molecule has 0 saturated carbocycles. The van der Waals surface area contributed by atoms with Crippen molar-refractivity contribution in [1.82, 2.24) is 10.7 Å². The monoisotopic (exact) mass is 325 g/mol. The average molecular weight is 325 g/mol. The molecular formula is C18H19N3O3. The molecule has 2 aromatic carbocycles. The number of hydrogen-bond donors (Lipinski definition) is 3. The summed E-state index contributed by atoms with van der Waals surface area (Å²) in [6.45, 7) is 0.583. The van der Waals surface area contributed by atoms with Crippen LogP contribution in [0.5, 0.6) is 0 Å². The average Bonchev–Trinajstić information content (AvgIpc) is 2.64. The molecule has 0 heterocycles. The highest BCUT2D eigenvalue weighted by Crippen LogP contribution is 2.06. The summed E-state index contributed by atoms with van der Waals surface area (Å²) >= 11 is 0. The molecule has 0 unspecified atom stereocenters. The highest BCUT2D eigenvalue weighted by Gasteiger charge is 2.02. The van der Waals surface area contributed by atoms with Gasteiger partial charge in [-0.25, -0.2) is 10.6 Å². The zero-order chi connectivity index (χ0) is 17.2. The fourth-order valence-corrected chi connectivity index (χ4v) is 1.94. The van der Waals surface area contributed by atoms with E-state index in [2.05, 4.69) is 10.7 Å². The summed E-state index contributed by atoms with van der Waals surface area (Å²) in [5.74, 6) is 4.73. The zero-order valence-electron chi connectivity index (χ0n) is 13.1. The number of hydrazine groups is 1. The van der Waals surface area contributed by atoms with Gasteiger partial charge in [-0.05, 0) is 23.3 Å². The smallest absolute Gasteiger partial charge is 0.407 e. The first-order valence-corrected chi connectivity index (χ1v) is 7.41. The van der Waals surface area contributed by atoms with Gasteiger partial charge in [0.25, 0.3) is 5.91 Å². The molecule has 0 aliphatic carbocycles. The molecule has 0 aromatic heterocycles. The van der Waals surface area contributed by atoms with Crippen molar-refractivity contribution in [2.45, 2.75) is 6.61 Å². The molecule has 2 amide bonds. The highest BCUT2D eigenvalue weighted by atomic mass is 16.5. The van der Waals surface area contributed by atoms with Gasteiger partial charge in [-0.15, -0.1) is 0 Å². The van der Waals surface area contributed by atoms with Gasteiger partial charge in [-0.2, -0.15) is 0 Å². The Balaban J connectivity index is 1.72. The number of carbonyl (C=O) groups excluding carboxylic acids is 2. The van der Waals surface area contributed by atoms with Crippen molar-refractivity contribution in [3.63, 3.8) is 0 Å². The van der Waals surface area contributed by atoms with Crippen LogP contribution in [0, 0.1) is 0 Å². The third kappa shape index (κ3) is 5.58. The highest BCUT2D eigenvalue weighted by molar-refractivity contribution is 5.93. The van der Waals surface area contributed by atoms with Gasteiger partial charge in [0, 0.05) is 12.1 Å². The molecule has 4 N–H and O–H groups in total. The number of amides is 2. The van der Waals surface area contributed by atoms with E-state index in [9.17, 15) is 9.59 Å². The van der Waals surface area contributed by atoms with Gasteiger partial charge in [0.15, 0.2) is 0 Å². The minimum atomic E-state index is -0.474. The Morgan fingerprint density at radius 1 is 1.04 bits per heavy atom. The predicted molar refractivity (Wildman–Crippen MR) is 91.8 cm³/mol. The van der Waals surface area contributed by atoms with Crippen molar-refractivity contribution in [1.29, 1.82) is 0 Å². The Kier molecular flexibility index (Phi) is 6.55. The van der Waals surface area contributed by atoms with Gasteiger partial charge in [0.1, 0.15) is 6.61 Å². The van der Waals surface area contributed by atoms with E-state index in [1.165, 1.54) is 0 Å². The molecule has 2 rings (SSSR count).